The van der Waals surface area contributed by atoms with Crippen LogP contribution in [0.5, 0.6) is 0 Å². The van der Waals surface area contributed by atoms with Gasteiger partial charge in [-0.15, -0.1) is 0 Å². The van der Waals surface area contributed by atoms with Crippen molar-refractivity contribution in [2.45, 2.75) is 64.9 Å². The van der Waals surface area contributed by atoms with E-state index in [1.54, 1.807) is 6.92 Å². The van der Waals surface area contributed by atoms with Gasteiger partial charge in [0.15, 0.2) is 0 Å². The van der Waals surface area contributed by atoms with Gasteiger partial charge in [-0.2, -0.15) is 0 Å². The molecule has 0 aromatic heterocycles. The predicted octanol–water partition coefficient (Wildman–Crippen LogP) is 2.69. The summed E-state index contributed by atoms with van der Waals surface area (Å²) < 4.78 is 0. The third-order valence-corrected chi connectivity index (χ3v) is 2.14. The van der Waals surface area contributed by atoms with Crippen LogP contribution in [0.3, 0.4) is 0 Å². The molecule has 2 nitrogen and oxygen atoms in total. The van der Waals surface area contributed by atoms with Crippen molar-refractivity contribution >= 4 is 5.78 Å². The maximum absolute atomic E-state index is 11.2. The minimum atomic E-state index is -0.261. The lowest BCUT2D eigenvalue weighted by Gasteiger charge is -2.02. The average Bonchev–Trinajstić information content (AvgIpc) is 2.04. The number of unbranched alkanes of at least 4 members (excludes halogenated alkanes) is 2. The molecule has 0 saturated carbocycles. The van der Waals surface area contributed by atoms with Crippen molar-refractivity contribution in [2.24, 2.45) is 0 Å². The van der Waals surface area contributed by atoms with Crippen LogP contribution < -0.4 is 0 Å². The zero-order valence-electron chi connectivity index (χ0n) is 8.88. The Morgan fingerprint density at radius 2 is 1.85 bits per heavy atom. The molecule has 0 aromatic rings. The van der Waals surface area contributed by atoms with E-state index in [-0.39, 0.29) is 6.10 Å². The molecular formula is C11H22O2. The van der Waals surface area contributed by atoms with Crippen molar-refractivity contribution in [1.82, 2.24) is 0 Å². The maximum Gasteiger partial charge on any atom is 0.132 e. The van der Waals surface area contributed by atoms with Gasteiger partial charge in [0.1, 0.15) is 5.78 Å². The van der Waals surface area contributed by atoms with Crippen LogP contribution in [0.2, 0.25) is 0 Å². The first kappa shape index (κ1) is 12.6. The second-order valence-corrected chi connectivity index (χ2v) is 3.74. The summed E-state index contributed by atoms with van der Waals surface area (Å²) in [6.07, 6.45) is 6.06. The van der Waals surface area contributed by atoms with Crippen molar-refractivity contribution in [1.29, 1.82) is 0 Å². The first-order valence-electron chi connectivity index (χ1n) is 5.36. The van der Waals surface area contributed by atoms with E-state index in [4.69, 9.17) is 5.11 Å². The standard InChI is InChI=1S/C11H22O2/c1-3-4-5-8-11(13)9-6-7-10(2)12/h10,12H,3-9H2,1-2H3. The van der Waals surface area contributed by atoms with Crippen LogP contribution in [0.15, 0.2) is 0 Å². The second-order valence-electron chi connectivity index (χ2n) is 3.74. The fraction of sp³-hybridized carbons (Fsp3) is 0.909. The summed E-state index contributed by atoms with van der Waals surface area (Å²) in [6.45, 7) is 3.90. The summed E-state index contributed by atoms with van der Waals surface area (Å²) >= 11 is 0. The van der Waals surface area contributed by atoms with E-state index in [1.165, 1.54) is 6.42 Å². The minimum Gasteiger partial charge on any atom is -0.393 e. The number of hydrogen-bond donors (Lipinski definition) is 1. The Morgan fingerprint density at radius 3 is 2.38 bits per heavy atom. The third-order valence-electron chi connectivity index (χ3n) is 2.14. The molecule has 0 amide bonds. The molecule has 1 N–H and O–H groups in total. The van der Waals surface area contributed by atoms with Gasteiger partial charge in [0, 0.05) is 12.8 Å². The molecule has 0 rings (SSSR count). The van der Waals surface area contributed by atoms with Gasteiger partial charge in [0.2, 0.25) is 0 Å². The molecule has 0 fully saturated rings. The van der Waals surface area contributed by atoms with E-state index in [0.29, 0.717) is 12.2 Å². The van der Waals surface area contributed by atoms with Crippen molar-refractivity contribution in [3.8, 4) is 0 Å². The summed E-state index contributed by atoms with van der Waals surface area (Å²) in [5, 5.41) is 8.97. The van der Waals surface area contributed by atoms with E-state index in [9.17, 15) is 4.79 Å². The number of rotatable bonds is 8. The highest BCUT2D eigenvalue weighted by Crippen LogP contribution is 2.06. The van der Waals surface area contributed by atoms with Crippen LogP contribution in [-0.4, -0.2) is 17.0 Å². The molecular weight excluding hydrogens is 164 g/mol. The normalized spacial score (nSPS) is 12.8. The van der Waals surface area contributed by atoms with Crippen LogP contribution in [0.25, 0.3) is 0 Å². The fourth-order valence-electron chi connectivity index (χ4n) is 1.29. The number of Topliss-reactive ketones (excluding diaryl/α,β-unsaturated/α-hetero) is 1. The Balaban J connectivity index is 3.20. The first-order chi connectivity index (χ1) is 6.16. The largest absolute Gasteiger partial charge is 0.393 e. The Morgan fingerprint density at radius 1 is 1.23 bits per heavy atom. The highest BCUT2D eigenvalue weighted by atomic mass is 16.3. The zero-order valence-corrected chi connectivity index (χ0v) is 8.88. The molecule has 1 atom stereocenters. The number of aliphatic hydroxyl groups is 1. The van der Waals surface area contributed by atoms with E-state index in [1.807, 2.05) is 0 Å². The van der Waals surface area contributed by atoms with Crippen molar-refractivity contribution in [3.63, 3.8) is 0 Å². The summed E-state index contributed by atoms with van der Waals surface area (Å²) in [7, 11) is 0. The molecule has 78 valence electrons. The van der Waals surface area contributed by atoms with Crippen LogP contribution in [-0.2, 0) is 4.79 Å². The quantitative estimate of drug-likeness (QED) is 0.592. The number of aliphatic hydroxyl groups excluding tert-OH is 1. The second kappa shape index (κ2) is 8.24. The lowest BCUT2D eigenvalue weighted by Crippen LogP contribution is -2.02. The van der Waals surface area contributed by atoms with Crippen molar-refractivity contribution < 1.29 is 9.90 Å². The van der Waals surface area contributed by atoms with Gasteiger partial charge in [-0.05, 0) is 26.2 Å². The van der Waals surface area contributed by atoms with E-state index < -0.39 is 0 Å². The molecule has 0 aliphatic rings. The van der Waals surface area contributed by atoms with E-state index in [2.05, 4.69) is 6.92 Å². The smallest absolute Gasteiger partial charge is 0.132 e. The summed E-state index contributed by atoms with van der Waals surface area (Å²) in [4.78, 5) is 11.2. The molecule has 0 heterocycles. The van der Waals surface area contributed by atoms with Gasteiger partial charge in [-0.25, -0.2) is 0 Å². The molecule has 0 bridgehead atoms. The topological polar surface area (TPSA) is 37.3 Å². The van der Waals surface area contributed by atoms with Crippen molar-refractivity contribution in [2.75, 3.05) is 0 Å². The fourth-order valence-corrected chi connectivity index (χ4v) is 1.29. The highest BCUT2D eigenvalue weighted by molar-refractivity contribution is 5.78. The van der Waals surface area contributed by atoms with Gasteiger partial charge < -0.3 is 5.11 Å². The van der Waals surface area contributed by atoms with Crippen LogP contribution >= 0.6 is 0 Å². The molecule has 0 aliphatic carbocycles. The molecule has 13 heavy (non-hydrogen) atoms. The van der Waals surface area contributed by atoms with Gasteiger partial charge in [-0.3, -0.25) is 4.79 Å². The van der Waals surface area contributed by atoms with E-state index in [0.717, 1.165) is 32.1 Å². The molecule has 1 unspecified atom stereocenters. The van der Waals surface area contributed by atoms with E-state index >= 15 is 0 Å². The molecule has 0 spiro atoms. The summed E-state index contributed by atoms with van der Waals surface area (Å²) in [6, 6.07) is 0. The molecule has 0 aliphatic heterocycles. The van der Waals surface area contributed by atoms with Crippen LogP contribution in [0.1, 0.15) is 58.8 Å². The Labute approximate surface area is 81.3 Å². The SMILES string of the molecule is CCCCCC(=O)CCCC(C)O. The minimum absolute atomic E-state index is 0.261. The summed E-state index contributed by atoms with van der Waals surface area (Å²) in [5.74, 6) is 0.356. The Bertz CT molecular complexity index is 130. The number of hydrogen-bond acceptors (Lipinski definition) is 2. The number of ketones is 1. The average molecular weight is 186 g/mol. The summed E-state index contributed by atoms with van der Waals surface area (Å²) in [5.41, 5.74) is 0. The predicted molar refractivity (Wildman–Crippen MR) is 54.7 cm³/mol. The highest BCUT2D eigenvalue weighted by Gasteiger charge is 2.02. The first-order valence-corrected chi connectivity index (χ1v) is 5.36. The van der Waals surface area contributed by atoms with Gasteiger partial charge >= 0.3 is 0 Å². The van der Waals surface area contributed by atoms with Crippen molar-refractivity contribution in [3.05, 3.63) is 0 Å². The van der Waals surface area contributed by atoms with Gasteiger partial charge in [-0.1, -0.05) is 19.8 Å². The lowest BCUT2D eigenvalue weighted by atomic mass is 10.1. The molecule has 0 saturated heterocycles. The van der Waals surface area contributed by atoms with Crippen LogP contribution in [0.4, 0.5) is 0 Å². The Hall–Kier alpha value is -0.370. The third kappa shape index (κ3) is 9.54. The van der Waals surface area contributed by atoms with Gasteiger partial charge in [0.25, 0.3) is 0 Å². The Kier molecular flexibility index (Phi) is 8.00. The number of carbonyl (C=O) groups excluding carboxylic acids is 1. The van der Waals surface area contributed by atoms with Gasteiger partial charge in [0.05, 0.1) is 6.10 Å². The van der Waals surface area contributed by atoms with Crippen LogP contribution in [0, 0.1) is 0 Å². The maximum atomic E-state index is 11.2. The number of carbonyl (C=O) groups is 1. The lowest BCUT2D eigenvalue weighted by molar-refractivity contribution is -0.119. The zero-order chi connectivity index (χ0) is 10.1. The molecule has 0 radical (unpaired) electrons. The molecule has 2 heteroatoms. The monoisotopic (exact) mass is 186 g/mol. The molecule has 0 aromatic carbocycles.